The van der Waals surface area contributed by atoms with E-state index in [1.165, 1.54) is 0 Å². The van der Waals surface area contributed by atoms with Crippen LogP contribution in [0.2, 0.25) is 0 Å². The number of fused-ring (bicyclic) bond motifs is 1. The van der Waals surface area contributed by atoms with E-state index in [9.17, 15) is 4.79 Å². The van der Waals surface area contributed by atoms with Gasteiger partial charge in [0.25, 0.3) is 0 Å². The summed E-state index contributed by atoms with van der Waals surface area (Å²) in [7, 11) is 0. The van der Waals surface area contributed by atoms with Crippen LogP contribution in [0.1, 0.15) is 24.7 Å². The fourth-order valence-corrected chi connectivity index (χ4v) is 2.59. The van der Waals surface area contributed by atoms with Gasteiger partial charge in [-0.2, -0.15) is 0 Å². The molecule has 0 spiro atoms. The molecule has 2 aromatic heterocycles. The van der Waals surface area contributed by atoms with Crippen molar-refractivity contribution in [3.8, 4) is 0 Å². The molecular weight excluding hydrogens is 252 g/mol. The summed E-state index contributed by atoms with van der Waals surface area (Å²) < 4.78 is 1.87. The molecule has 1 saturated heterocycles. The molecule has 1 unspecified atom stereocenters. The Morgan fingerprint density at radius 3 is 3.22 bits per heavy atom. The summed E-state index contributed by atoms with van der Waals surface area (Å²) in [6, 6.07) is 3.47. The Kier molecular flexibility index (Phi) is 2.91. The molecular formula is C12H13ClN4O. The number of imidazole rings is 1. The number of alkyl halides is 1. The van der Waals surface area contributed by atoms with Gasteiger partial charge in [0.05, 0.1) is 5.88 Å². The minimum Gasteiger partial charge on any atom is -0.354 e. The van der Waals surface area contributed by atoms with Crippen molar-refractivity contribution in [2.24, 2.45) is 0 Å². The van der Waals surface area contributed by atoms with Crippen LogP contribution < -0.4 is 5.32 Å². The van der Waals surface area contributed by atoms with Crippen molar-refractivity contribution in [1.29, 1.82) is 0 Å². The van der Waals surface area contributed by atoms with Gasteiger partial charge in [-0.05, 0) is 25.0 Å². The number of halogens is 1. The quantitative estimate of drug-likeness (QED) is 0.839. The first kappa shape index (κ1) is 11.5. The summed E-state index contributed by atoms with van der Waals surface area (Å²) in [5.74, 6) is 1.00. The van der Waals surface area contributed by atoms with Crippen LogP contribution in [0.25, 0.3) is 11.2 Å². The summed E-state index contributed by atoms with van der Waals surface area (Å²) in [6.07, 6.45) is 3.47. The topological polar surface area (TPSA) is 59.8 Å². The van der Waals surface area contributed by atoms with E-state index in [0.29, 0.717) is 5.82 Å². The molecule has 0 radical (unpaired) electrons. The van der Waals surface area contributed by atoms with Gasteiger partial charge in [0.15, 0.2) is 5.65 Å². The Morgan fingerprint density at radius 2 is 2.44 bits per heavy atom. The second-order valence-corrected chi connectivity index (χ2v) is 4.59. The number of amides is 1. The molecule has 1 atom stereocenters. The van der Waals surface area contributed by atoms with Crippen molar-refractivity contribution in [2.75, 3.05) is 6.54 Å². The molecule has 0 saturated carbocycles. The molecule has 1 aliphatic heterocycles. The minimum atomic E-state index is -0.243. The summed E-state index contributed by atoms with van der Waals surface area (Å²) in [5.41, 5.74) is 1.52. The van der Waals surface area contributed by atoms with Gasteiger partial charge >= 0.3 is 0 Å². The van der Waals surface area contributed by atoms with Crippen LogP contribution in [-0.2, 0) is 10.7 Å². The van der Waals surface area contributed by atoms with E-state index in [1.54, 1.807) is 6.20 Å². The Morgan fingerprint density at radius 1 is 1.56 bits per heavy atom. The highest BCUT2D eigenvalue weighted by atomic mass is 35.5. The molecule has 6 heteroatoms. The number of hydrogen-bond donors (Lipinski definition) is 1. The molecule has 3 rings (SSSR count). The standard InChI is InChI=1S/C12H13ClN4O/c13-7-10-16-8-3-1-5-14-11(8)17(10)9-4-2-6-15-12(9)18/h1,3,5,9H,2,4,6-7H2,(H,15,18). The Labute approximate surface area is 109 Å². The maximum absolute atomic E-state index is 12.0. The van der Waals surface area contributed by atoms with Crippen LogP contribution in [0.15, 0.2) is 18.3 Å². The fourth-order valence-electron chi connectivity index (χ4n) is 2.40. The molecule has 0 bridgehead atoms. The Hall–Kier alpha value is -1.62. The molecule has 1 aliphatic rings. The number of aromatic nitrogens is 3. The number of nitrogens with zero attached hydrogens (tertiary/aromatic N) is 3. The second-order valence-electron chi connectivity index (χ2n) is 4.33. The number of piperidine rings is 1. The summed E-state index contributed by atoms with van der Waals surface area (Å²) in [6.45, 7) is 0.742. The molecule has 2 aromatic rings. The molecule has 1 N–H and O–H groups in total. The summed E-state index contributed by atoms with van der Waals surface area (Å²) in [5, 5.41) is 2.88. The fraction of sp³-hybridized carbons (Fsp3) is 0.417. The smallest absolute Gasteiger partial charge is 0.243 e. The van der Waals surface area contributed by atoms with E-state index >= 15 is 0 Å². The molecule has 94 valence electrons. The van der Waals surface area contributed by atoms with Gasteiger partial charge in [-0.3, -0.25) is 9.36 Å². The monoisotopic (exact) mass is 264 g/mol. The molecule has 1 amide bonds. The van der Waals surface area contributed by atoms with Crippen LogP contribution in [-0.4, -0.2) is 27.0 Å². The van der Waals surface area contributed by atoms with E-state index < -0.39 is 0 Å². The predicted molar refractivity (Wildman–Crippen MR) is 68.4 cm³/mol. The summed E-state index contributed by atoms with van der Waals surface area (Å²) >= 11 is 5.93. The highest BCUT2D eigenvalue weighted by Gasteiger charge is 2.27. The van der Waals surface area contributed by atoms with Crippen molar-refractivity contribution >= 4 is 28.7 Å². The highest BCUT2D eigenvalue weighted by Crippen LogP contribution is 2.25. The van der Waals surface area contributed by atoms with Crippen LogP contribution in [0, 0.1) is 0 Å². The van der Waals surface area contributed by atoms with Crippen LogP contribution in [0.3, 0.4) is 0 Å². The molecule has 18 heavy (non-hydrogen) atoms. The zero-order valence-corrected chi connectivity index (χ0v) is 10.5. The minimum absolute atomic E-state index is 0.0255. The maximum atomic E-state index is 12.0. The van der Waals surface area contributed by atoms with Crippen molar-refractivity contribution in [3.63, 3.8) is 0 Å². The first-order chi connectivity index (χ1) is 8.81. The zero-order valence-electron chi connectivity index (χ0n) is 9.77. The van der Waals surface area contributed by atoms with Crippen molar-refractivity contribution in [3.05, 3.63) is 24.2 Å². The lowest BCUT2D eigenvalue weighted by Crippen LogP contribution is -2.38. The van der Waals surface area contributed by atoms with Crippen LogP contribution >= 0.6 is 11.6 Å². The average Bonchev–Trinajstić information content (AvgIpc) is 2.78. The third kappa shape index (κ3) is 1.75. The van der Waals surface area contributed by atoms with Gasteiger partial charge in [0.1, 0.15) is 17.4 Å². The number of pyridine rings is 1. The first-order valence-electron chi connectivity index (χ1n) is 5.97. The van der Waals surface area contributed by atoms with Gasteiger partial charge in [-0.25, -0.2) is 9.97 Å². The van der Waals surface area contributed by atoms with Crippen molar-refractivity contribution in [1.82, 2.24) is 19.9 Å². The number of nitrogens with one attached hydrogen (secondary N) is 1. The average molecular weight is 265 g/mol. The second kappa shape index (κ2) is 4.57. The molecule has 0 aliphatic carbocycles. The zero-order chi connectivity index (χ0) is 12.5. The SMILES string of the molecule is O=C1NCCCC1n1c(CCl)nc2cccnc21. The first-order valence-corrected chi connectivity index (χ1v) is 6.50. The predicted octanol–water partition coefficient (Wildman–Crippen LogP) is 1.62. The van der Waals surface area contributed by atoms with Crippen LogP contribution in [0.4, 0.5) is 0 Å². The van der Waals surface area contributed by atoms with E-state index in [-0.39, 0.29) is 17.8 Å². The normalized spacial score (nSPS) is 20.1. The lowest BCUT2D eigenvalue weighted by molar-refractivity contribution is -0.125. The largest absolute Gasteiger partial charge is 0.354 e. The van der Waals surface area contributed by atoms with E-state index in [4.69, 9.17) is 11.6 Å². The van der Waals surface area contributed by atoms with Crippen molar-refractivity contribution < 1.29 is 4.79 Å². The van der Waals surface area contributed by atoms with E-state index in [0.717, 1.165) is 30.6 Å². The number of hydrogen-bond acceptors (Lipinski definition) is 3. The number of rotatable bonds is 2. The van der Waals surface area contributed by atoms with E-state index in [2.05, 4.69) is 15.3 Å². The van der Waals surface area contributed by atoms with Gasteiger partial charge in [-0.15, -0.1) is 11.6 Å². The van der Waals surface area contributed by atoms with E-state index in [1.807, 2.05) is 16.7 Å². The molecule has 3 heterocycles. The van der Waals surface area contributed by atoms with Gasteiger partial charge < -0.3 is 5.32 Å². The number of carbonyl (C=O) groups is 1. The van der Waals surface area contributed by atoms with Crippen molar-refractivity contribution in [2.45, 2.75) is 24.8 Å². The van der Waals surface area contributed by atoms with Gasteiger partial charge in [-0.1, -0.05) is 0 Å². The van der Waals surface area contributed by atoms with Gasteiger partial charge in [0.2, 0.25) is 5.91 Å². The molecule has 1 fully saturated rings. The lowest BCUT2D eigenvalue weighted by atomic mass is 10.1. The summed E-state index contributed by atoms with van der Waals surface area (Å²) in [4.78, 5) is 20.7. The van der Waals surface area contributed by atoms with Gasteiger partial charge in [0, 0.05) is 12.7 Å². The third-order valence-corrected chi connectivity index (χ3v) is 3.45. The number of carbonyl (C=O) groups excluding carboxylic acids is 1. The molecule has 5 nitrogen and oxygen atoms in total. The third-order valence-electron chi connectivity index (χ3n) is 3.21. The molecule has 0 aromatic carbocycles. The van der Waals surface area contributed by atoms with Crippen LogP contribution in [0.5, 0.6) is 0 Å². The lowest BCUT2D eigenvalue weighted by Gasteiger charge is -2.24. The Bertz CT molecular complexity index is 595. The maximum Gasteiger partial charge on any atom is 0.243 e. The Balaban J connectivity index is 2.16. The highest BCUT2D eigenvalue weighted by molar-refractivity contribution is 6.16.